The highest BCUT2D eigenvalue weighted by Gasteiger charge is 2.51. The molecule has 1 saturated heterocycles. The molecule has 3 aromatic rings. The Morgan fingerprint density at radius 2 is 1.85 bits per heavy atom. The van der Waals surface area contributed by atoms with E-state index in [1.54, 1.807) is 0 Å². The van der Waals surface area contributed by atoms with Crippen molar-refractivity contribution >= 4 is 34.3 Å². The first-order valence-corrected chi connectivity index (χ1v) is 13.6. The number of aliphatic carboxylic acids is 2. The maximum Gasteiger partial charge on any atom is 0.306 e. The fraction of sp³-hybridized carbons (Fsp3) is 0.483. The summed E-state index contributed by atoms with van der Waals surface area (Å²) in [6.07, 6.45) is 5.41. The molecule has 5 heterocycles. The number of para-hydroxylation sites is 1. The Hall–Kier alpha value is -3.83. The van der Waals surface area contributed by atoms with Gasteiger partial charge in [-0.2, -0.15) is 4.98 Å². The molecule has 6 rings (SSSR count). The van der Waals surface area contributed by atoms with Crippen LogP contribution in [0.5, 0.6) is 0 Å². The van der Waals surface area contributed by atoms with E-state index in [9.17, 15) is 19.5 Å². The van der Waals surface area contributed by atoms with Gasteiger partial charge in [0.2, 0.25) is 0 Å². The molecule has 1 fully saturated rings. The molecule has 0 amide bonds. The molecule has 3 aliphatic heterocycles. The number of ketones is 1. The molecule has 0 unspecified atom stereocenters. The maximum absolute atomic E-state index is 10.8. The minimum absolute atomic E-state index is 0.148. The molecule has 0 bridgehead atoms. The summed E-state index contributed by atoms with van der Waals surface area (Å²) < 4.78 is 8.09. The van der Waals surface area contributed by atoms with Gasteiger partial charge < -0.3 is 24.4 Å². The first-order chi connectivity index (χ1) is 19.0. The maximum atomic E-state index is 10.8. The zero-order valence-corrected chi connectivity index (χ0v) is 22.9. The van der Waals surface area contributed by atoms with Crippen molar-refractivity contribution in [3.63, 3.8) is 0 Å². The van der Waals surface area contributed by atoms with E-state index in [1.807, 2.05) is 6.92 Å². The van der Waals surface area contributed by atoms with E-state index in [4.69, 9.17) is 14.7 Å². The molecule has 3 N–H and O–H groups in total. The number of aryl methyl sites for hydroxylation is 1. The minimum atomic E-state index is -2.29. The van der Waals surface area contributed by atoms with Gasteiger partial charge in [-0.1, -0.05) is 30.3 Å². The number of nitrogens with zero attached hydrogens (tertiary/aromatic N) is 4. The third-order valence-corrected chi connectivity index (χ3v) is 8.54. The number of piperidine rings is 1. The molecular formula is C29H34N4O7. The topological polar surface area (TPSA) is 159 Å². The fourth-order valence-corrected chi connectivity index (χ4v) is 6.65. The van der Waals surface area contributed by atoms with Crippen LogP contribution in [0.3, 0.4) is 0 Å². The normalized spacial score (nSPS) is 21.7. The van der Waals surface area contributed by atoms with Crippen molar-refractivity contribution in [3.8, 4) is 0 Å². The van der Waals surface area contributed by atoms with Crippen molar-refractivity contribution in [2.45, 2.75) is 70.9 Å². The van der Waals surface area contributed by atoms with Crippen molar-refractivity contribution in [2.75, 3.05) is 13.1 Å². The van der Waals surface area contributed by atoms with Gasteiger partial charge in [0.1, 0.15) is 11.3 Å². The first kappa shape index (κ1) is 27.7. The third kappa shape index (κ3) is 4.62. The zero-order chi connectivity index (χ0) is 28.8. The molecule has 2 atom stereocenters. The number of carbonyl (C=O) groups is 3. The first-order valence-electron chi connectivity index (χ1n) is 13.6. The van der Waals surface area contributed by atoms with E-state index in [0.717, 1.165) is 32.0 Å². The smallest absolute Gasteiger partial charge is 0.306 e. The number of hydrogen-bond donors (Lipinski definition) is 3. The van der Waals surface area contributed by atoms with Crippen molar-refractivity contribution in [1.82, 2.24) is 19.6 Å². The van der Waals surface area contributed by atoms with Crippen molar-refractivity contribution in [3.05, 3.63) is 53.3 Å². The highest BCUT2D eigenvalue weighted by molar-refractivity contribution is 5.93. The van der Waals surface area contributed by atoms with Crippen molar-refractivity contribution < 1.29 is 34.2 Å². The largest absolute Gasteiger partial charge is 0.481 e. The lowest BCUT2D eigenvalue weighted by Crippen LogP contribution is -2.50. The lowest BCUT2D eigenvalue weighted by molar-refractivity contribution is -0.156. The van der Waals surface area contributed by atoms with Crippen LogP contribution in [0, 0.1) is 12.3 Å². The Balaban J connectivity index is 0.000000213. The van der Waals surface area contributed by atoms with E-state index >= 15 is 0 Å². The van der Waals surface area contributed by atoms with Crippen LogP contribution in [0.4, 0.5) is 0 Å². The molecule has 0 spiro atoms. The van der Waals surface area contributed by atoms with E-state index in [1.165, 1.54) is 41.5 Å². The van der Waals surface area contributed by atoms with Crippen LogP contribution in [0.25, 0.3) is 16.6 Å². The monoisotopic (exact) mass is 550 g/mol. The Labute approximate surface area is 231 Å². The number of carboxylic acid groups (broad SMARTS) is 2. The van der Waals surface area contributed by atoms with Crippen LogP contribution in [0.2, 0.25) is 0 Å². The van der Waals surface area contributed by atoms with Gasteiger partial charge in [-0.15, -0.1) is 0 Å². The molecule has 0 radical (unpaired) electrons. The van der Waals surface area contributed by atoms with Crippen molar-refractivity contribution in [2.24, 2.45) is 5.41 Å². The number of carboxylic acids is 2. The second kappa shape index (κ2) is 10.3. The predicted molar refractivity (Wildman–Crippen MR) is 144 cm³/mol. The lowest BCUT2D eigenvalue weighted by Gasteiger charge is -2.53. The van der Waals surface area contributed by atoms with Crippen LogP contribution >= 0.6 is 0 Å². The Morgan fingerprint density at radius 3 is 2.45 bits per heavy atom. The molecule has 2 aromatic heterocycles. The number of aliphatic hydroxyl groups is 1. The van der Waals surface area contributed by atoms with Crippen LogP contribution < -0.4 is 0 Å². The number of benzene rings is 1. The zero-order valence-electron chi connectivity index (χ0n) is 22.9. The summed E-state index contributed by atoms with van der Waals surface area (Å²) >= 11 is 0. The molecular weight excluding hydrogens is 516 g/mol. The number of fused-ring (bicyclic) bond motifs is 3. The van der Waals surface area contributed by atoms with E-state index < -0.39 is 36.2 Å². The van der Waals surface area contributed by atoms with Gasteiger partial charge in [0.05, 0.1) is 24.4 Å². The van der Waals surface area contributed by atoms with E-state index in [0.29, 0.717) is 17.8 Å². The van der Waals surface area contributed by atoms with Crippen LogP contribution in [-0.4, -0.2) is 71.3 Å². The number of carbonyl (C=O) groups excluding carboxylic acids is 1. The number of Topliss-reactive ketones (excluding diaryl/α,β-unsaturated/α-hetero) is 1. The van der Waals surface area contributed by atoms with Gasteiger partial charge in [0, 0.05) is 23.0 Å². The van der Waals surface area contributed by atoms with E-state index in [2.05, 4.69) is 56.9 Å². The Kier molecular flexibility index (Phi) is 7.13. The summed E-state index contributed by atoms with van der Waals surface area (Å²) in [6.45, 7) is 7.54. The SMILES string of the molecule is CC(=O)C(O)(CC(=O)O)CC(=O)O.CC[C@@]12C=C(c3nc(C)no3)n3c4c(c5ccccc53)CCN(CCC1)[C@H]42. The van der Waals surface area contributed by atoms with Gasteiger partial charge in [0.15, 0.2) is 11.6 Å². The van der Waals surface area contributed by atoms with Gasteiger partial charge in [0.25, 0.3) is 5.89 Å². The highest BCUT2D eigenvalue weighted by Crippen LogP contribution is 2.57. The van der Waals surface area contributed by atoms with Gasteiger partial charge in [-0.05, 0) is 63.8 Å². The quantitative estimate of drug-likeness (QED) is 0.397. The molecule has 0 saturated carbocycles. The second-order valence-corrected chi connectivity index (χ2v) is 11.0. The van der Waals surface area contributed by atoms with Crippen LogP contribution in [-0.2, 0) is 20.8 Å². The molecule has 11 heteroatoms. The molecule has 1 aromatic carbocycles. The third-order valence-electron chi connectivity index (χ3n) is 8.54. The highest BCUT2D eigenvalue weighted by atomic mass is 16.5. The summed E-state index contributed by atoms with van der Waals surface area (Å²) in [4.78, 5) is 38.5. The summed E-state index contributed by atoms with van der Waals surface area (Å²) in [5, 5.41) is 31.4. The molecule has 40 heavy (non-hydrogen) atoms. The van der Waals surface area contributed by atoms with Crippen molar-refractivity contribution in [1.29, 1.82) is 0 Å². The molecule has 3 aliphatic rings. The number of aromatic nitrogens is 3. The average molecular weight is 551 g/mol. The van der Waals surface area contributed by atoms with Gasteiger partial charge in [-0.3, -0.25) is 19.3 Å². The standard InChI is InChI=1S/C22H24N4O.C7H10O6/c1-3-22-10-6-11-25-12-9-16-15-7-4-5-8-17(15)26(19(16)20(22)25)18(13-22)21-23-14(2)24-27-21;1-4(8)7(13,2-5(9)10)3-6(11)12/h4-5,7-8,13,20H,3,6,9-12H2,1-2H3;13H,2-3H2,1H3,(H,9,10)(H,11,12)/t20-,22+;/m1./s1. The summed E-state index contributed by atoms with van der Waals surface area (Å²) in [7, 11) is 0. The fourth-order valence-electron chi connectivity index (χ4n) is 6.65. The Morgan fingerprint density at radius 1 is 1.15 bits per heavy atom. The molecule has 11 nitrogen and oxygen atoms in total. The van der Waals surface area contributed by atoms with Crippen LogP contribution in [0.15, 0.2) is 34.9 Å². The summed E-state index contributed by atoms with van der Waals surface area (Å²) in [5.74, 6) is -2.37. The molecule has 0 aliphatic carbocycles. The number of hydrogen-bond acceptors (Lipinski definition) is 8. The summed E-state index contributed by atoms with van der Waals surface area (Å²) in [5.41, 5.74) is 3.19. The van der Waals surface area contributed by atoms with E-state index in [-0.39, 0.29) is 5.41 Å². The van der Waals surface area contributed by atoms with Gasteiger partial charge in [-0.25, -0.2) is 0 Å². The lowest BCUT2D eigenvalue weighted by atomic mass is 9.66. The average Bonchev–Trinajstić information content (AvgIpc) is 3.48. The molecule has 212 valence electrons. The van der Waals surface area contributed by atoms with Crippen LogP contribution in [0.1, 0.15) is 75.0 Å². The summed E-state index contributed by atoms with van der Waals surface area (Å²) in [6, 6.07) is 9.26. The second-order valence-electron chi connectivity index (χ2n) is 11.0. The minimum Gasteiger partial charge on any atom is -0.481 e. The van der Waals surface area contributed by atoms with Gasteiger partial charge >= 0.3 is 11.9 Å². The predicted octanol–water partition coefficient (Wildman–Crippen LogP) is 3.58. The number of rotatable bonds is 7. The Bertz CT molecular complexity index is 1500.